The maximum absolute atomic E-state index is 12.6. The molecule has 0 saturated carbocycles. The molecule has 0 bridgehead atoms. The standard InChI is InChI=1S/C17H23NO3/c1-11-6-4-7-12(2)14(11)10-15(19)18-9-5-8-13(3)16(18)17(20)21/h4,6-7,13,16H,5,8-10H2,1-3H3,(H,20,21). The van der Waals surface area contributed by atoms with Gasteiger partial charge in [-0.05, 0) is 49.3 Å². The largest absolute Gasteiger partial charge is 0.480 e. The SMILES string of the molecule is Cc1cccc(C)c1CC(=O)N1CCCC(C)C1C(=O)O. The highest BCUT2D eigenvalue weighted by molar-refractivity contribution is 5.85. The van der Waals surface area contributed by atoms with Crippen molar-refractivity contribution in [3.63, 3.8) is 0 Å². The third kappa shape index (κ3) is 3.26. The van der Waals surface area contributed by atoms with Crippen LogP contribution in [0.2, 0.25) is 0 Å². The first-order chi connectivity index (χ1) is 9.91. The molecule has 1 saturated heterocycles. The van der Waals surface area contributed by atoms with Crippen LogP contribution in [0.15, 0.2) is 18.2 Å². The third-order valence-electron chi connectivity index (χ3n) is 4.48. The van der Waals surface area contributed by atoms with E-state index in [-0.39, 0.29) is 18.2 Å². The normalized spacial score (nSPS) is 22.1. The molecule has 1 aromatic rings. The van der Waals surface area contributed by atoms with Gasteiger partial charge in [-0.25, -0.2) is 4.79 Å². The predicted molar refractivity (Wildman–Crippen MR) is 81.2 cm³/mol. The van der Waals surface area contributed by atoms with Crippen LogP contribution >= 0.6 is 0 Å². The van der Waals surface area contributed by atoms with Gasteiger partial charge in [-0.15, -0.1) is 0 Å². The first-order valence-corrected chi connectivity index (χ1v) is 7.49. The number of piperidine rings is 1. The van der Waals surface area contributed by atoms with E-state index in [9.17, 15) is 14.7 Å². The molecule has 2 atom stereocenters. The van der Waals surface area contributed by atoms with Gasteiger partial charge in [0.1, 0.15) is 6.04 Å². The Kier molecular flexibility index (Phi) is 4.66. The second-order valence-electron chi connectivity index (χ2n) is 6.04. The summed E-state index contributed by atoms with van der Waals surface area (Å²) in [5.41, 5.74) is 3.19. The molecular weight excluding hydrogens is 266 g/mol. The van der Waals surface area contributed by atoms with Crippen LogP contribution in [-0.4, -0.2) is 34.5 Å². The molecule has 4 heteroatoms. The zero-order chi connectivity index (χ0) is 15.6. The molecule has 4 nitrogen and oxygen atoms in total. The molecule has 0 aliphatic carbocycles. The van der Waals surface area contributed by atoms with E-state index < -0.39 is 12.0 Å². The topological polar surface area (TPSA) is 57.6 Å². The lowest BCUT2D eigenvalue weighted by Crippen LogP contribution is -2.52. The first kappa shape index (κ1) is 15.5. The third-order valence-corrected chi connectivity index (χ3v) is 4.48. The van der Waals surface area contributed by atoms with Crippen molar-refractivity contribution in [3.8, 4) is 0 Å². The van der Waals surface area contributed by atoms with E-state index in [4.69, 9.17) is 0 Å². The first-order valence-electron chi connectivity index (χ1n) is 7.49. The van der Waals surface area contributed by atoms with E-state index in [1.54, 1.807) is 4.90 Å². The van der Waals surface area contributed by atoms with E-state index in [0.29, 0.717) is 6.54 Å². The Morgan fingerprint density at radius 1 is 1.29 bits per heavy atom. The minimum Gasteiger partial charge on any atom is -0.480 e. The van der Waals surface area contributed by atoms with Gasteiger partial charge >= 0.3 is 5.97 Å². The van der Waals surface area contributed by atoms with Crippen LogP contribution in [0.25, 0.3) is 0 Å². The fourth-order valence-corrected chi connectivity index (χ4v) is 3.22. The van der Waals surface area contributed by atoms with Gasteiger partial charge in [-0.3, -0.25) is 4.79 Å². The van der Waals surface area contributed by atoms with Gasteiger partial charge in [0.15, 0.2) is 0 Å². The van der Waals surface area contributed by atoms with Crippen LogP contribution in [0.4, 0.5) is 0 Å². The number of carbonyl (C=O) groups excluding carboxylic acids is 1. The van der Waals surface area contributed by atoms with Gasteiger partial charge in [0.05, 0.1) is 6.42 Å². The Balaban J connectivity index is 2.20. The van der Waals surface area contributed by atoms with Crippen LogP contribution in [0.5, 0.6) is 0 Å². The lowest BCUT2D eigenvalue weighted by Gasteiger charge is -2.37. The van der Waals surface area contributed by atoms with Crippen molar-refractivity contribution in [1.29, 1.82) is 0 Å². The van der Waals surface area contributed by atoms with Crippen LogP contribution in [0, 0.1) is 19.8 Å². The van der Waals surface area contributed by atoms with Crippen LogP contribution < -0.4 is 0 Å². The molecule has 1 heterocycles. The quantitative estimate of drug-likeness (QED) is 0.930. The maximum atomic E-state index is 12.6. The van der Waals surface area contributed by atoms with E-state index in [0.717, 1.165) is 29.5 Å². The van der Waals surface area contributed by atoms with Crippen molar-refractivity contribution < 1.29 is 14.7 Å². The molecule has 2 unspecified atom stereocenters. The fourth-order valence-electron chi connectivity index (χ4n) is 3.22. The van der Waals surface area contributed by atoms with Crippen molar-refractivity contribution in [3.05, 3.63) is 34.9 Å². The molecule has 1 aliphatic rings. The summed E-state index contributed by atoms with van der Waals surface area (Å²) in [6, 6.07) is 5.27. The highest BCUT2D eigenvalue weighted by Crippen LogP contribution is 2.25. The van der Waals surface area contributed by atoms with E-state index >= 15 is 0 Å². The molecule has 1 aromatic carbocycles. The Morgan fingerprint density at radius 2 is 1.90 bits per heavy atom. The number of benzene rings is 1. The average molecular weight is 289 g/mol. The maximum Gasteiger partial charge on any atom is 0.326 e. The highest BCUT2D eigenvalue weighted by Gasteiger charge is 2.36. The number of carbonyl (C=O) groups is 2. The molecule has 1 fully saturated rings. The number of carboxylic acid groups (broad SMARTS) is 1. The number of aliphatic carboxylic acids is 1. The monoisotopic (exact) mass is 289 g/mol. The smallest absolute Gasteiger partial charge is 0.326 e. The summed E-state index contributed by atoms with van der Waals surface area (Å²) in [5, 5.41) is 9.41. The number of hydrogen-bond acceptors (Lipinski definition) is 2. The summed E-state index contributed by atoms with van der Waals surface area (Å²) in [6.07, 6.45) is 2.03. The minimum absolute atomic E-state index is 0.0122. The Bertz CT molecular complexity index is 533. The Morgan fingerprint density at radius 3 is 2.48 bits per heavy atom. The molecule has 1 amide bonds. The summed E-state index contributed by atoms with van der Waals surface area (Å²) in [7, 11) is 0. The van der Waals surface area contributed by atoms with Crippen molar-refractivity contribution in [2.24, 2.45) is 5.92 Å². The predicted octanol–water partition coefficient (Wildman–Crippen LogP) is 2.56. The number of hydrogen-bond donors (Lipinski definition) is 1. The van der Waals surface area contributed by atoms with Crippen molar-refractivity contribution in [2.75, 3.05) is 6.54 Å². The lowest BCUT2D eigenvalue weighted by molar-refractivity contribution is -0.154. The minimum atomic E-state index is -0.892. The van der Waals surface area contributed by atoms with Crippen LogP contribution in [0.3, 0.4) is 0 Å². The van der Waals surface area contributed by atoms with Gasteiger partial charge in [0.2, 0.25) is 5.91 Å². The molecule has 114 valence electrons. The van der Waals surface area contributed by atoms with Gasteiger partial charge in [-0.1, -0.05) is 25.1 Å². The van der Waals surface area contributed by atoms with E-state index in [1.807, 2.05) is 39.0 Å². The number of rotatable bonds is 3. The average Bonchev–Trinajstić information content (AvgIpc) is 2.42. The Hall–Kier alpha value is -1.84. The molecule has 2 rings (SSSR count). The zero-order valence-electron chi connectivity index (χ0n) is 12.9. The van der Waals surface area contributed by atoms with Crippen LogP contribution in [-0.2, 0) is 16.0 Å². The van der Waals surface area contributed by atoms with Gasteiger partial charge < -0.3 is 10.0 Å². The van der Waals surface area contributed by atoms with Gasteiger partial charge in [0, 0.05) is 6.54 Å². The van der Waals surface area contributed by atoms with Crippen molar-refractivity contribution in [1.82, 2.24) is 4.90 Å². The second kappa shape index (κ2) is 6.29. The van der Waals surface area contributed by atoms with E-state index in [2.05, 4.69) is 0 Å². The Labute approximate surface area is 125 Å². The molecule has 0 spiro atoms. The summed E-state index contributed by atoms with van der Waals surface area (Å²) < 4.78 is 0. The molecular formula is C17H23NO3. The summed E-state index contributed by atoms with van der Waals surface area (Å²) in [6.45, 7) is 6.44. The number of aryl methyl sites for hydroxylation is 2. The molecule has 0 aromatic heterocycles. The molecule has 21 heavy (non-hydrogen) atoms. The summed E-state index contributed by atoms with van der Waals surface area (Å²) >= 11 is 0. The lowest BCUT2D eigenvalue weighted by atomic mass is 9.90. The van der Waals surface area contributed by atoms with Gasteiger partial charge in [-0.2, -0.15) is 0 Å². The molecule has 0 radical (unpaired) electrons. The van der Waals surface area contributed by atoms with Gasteiger partial charge in [0.25, 0.3) is 0 Å². The van der Waals surface area contributed by atoms with Crippen molar-refractivity contribution >= 4 is 11.9 Å². The fraction of sp³-hybridized carbons (Fsp3) is 0.529. The van der Waals surface area contributed by atoms with Crippen LogP contribution in [0.1, 0.15) is 36.5 Å². The number of carboxylic acids is 1. The molecule has 1 aliphatic heterocycles. The van der Waals surface area contributed by atoms with Crippen molar-refractivity contribution in [2.45, 2.75) is 46.1 Å². The number of amides is 1. The summed E-state index contributed by atoms with van der Waals surface area (Å²) in [5.74, 6) is -0.957. The molecule has 1 N–H and O–H groups in total. The second-order valence-corrected chi connectivity index (χ2v) is 6.04. The zero-order valence-corrected chi connectivity index (χ0v) is 12.9. The highest BCUT2D eigenvalue weighted by atomic mass is 16.4. The summed E-state index contributed by atoms with van der Waals surface area (Å²) in [4.78, 5) is 25.6. The van der Waals surface area contributed by atoms with E-state index in [1.165, 1.54) is 0 Å². The number of nitrogens with zero attached hydrogens (tertiary/aromatic N) is 1. The number of likely N-dealkylation sites (tertiary alicyclic amines) is 1.